The Bertz CT molecular complexity index is 884. The number of hydrogen-bond acceptors (Lipinski definition) is 7. The molecule has 1 atom stereocenters. The Balaban J connectivity index is 1.41. The second-order valence-corrected chi connectivity index (χ2v) is 7.85. The fourth-order valence-corrected chi connectivity index (χ4v) is 4.23. The Morgan fingerprint density at radius 3 is 2.74 bits per heavy atom. The monoisotopic (exact) mass is 386 g/mol. The van der Waals surface area contributed by atoms with Crippen LogP contribution in [-0.2, 0) is 10.2 Å². The van der Waals surface area contributed by atoms with Gasteiger partial charge in [0.05, 0.1) is 10.6 Å². The van der Waals surface area contributed by atoms with Crippen LogP contribution in [0.15, 0.2) is 41.8 Å². The molecule has 140 valence electrons. The average Bonchev–Trinajstić information content (AvgIpc) is 3.13. The van der Waals surface area contributed by atoms with Gasteiger partial charge in [0.25, 0.3) is 5.91 Å². The number of nitrogens with zero attached hydrogens (tertiary/aromatic N) is 3. The third-order valence-corrected chi connectivity index (χ3v) is 6.20. The minimum absolute atomic E-state index is 0.137. The van der Waals surface area contributed by atoms with Crippen LogP contribution in [-0.4, -0.2) is 27.4 Å². The van der Waals surface area contributed by atoms with Crippen molar-refractivity contribution in [3.05, 3.63) is 58.9 Å². The molecule has 4 N–H and O–H groups in total. The van der Waals surface area contributed by atoms with E-state index >= 15 is 0 Å². The molecule has 7 nitrogen and oxygen atoms in total. The number of rotatable bonds is 6. The molecule has 4 rings (SSSR count). The number of anilines is 1. The minimum atomic E-state index is -0.457. The van der Waals surface area contributed by atoms with Gasteiger partial charge in [-0.15, -0.1) is 0 Å². The predicted molar refractivity (Wildman–Crippen MR) is 101 cm³/mol. The van der Waals surface area contributed by atoms with Crippen molar-refractivity contribution >= 4 is 23.6 Å². The molecule has 1 amide bonds. The molecule has 2 aliphatic rings. The highest BCUT2D eigenvalue weighted by molar-refractivity contribution is 8.04. The summed E-state index contributed by atoms with van der Waals surface area (Å²) >= 11 is 1.33. The molecule has 0 saturated heterocycles. The standard InChI is InChI=1S/C18H19FN6OS/c19-12-3-1-6-21-14(12)18(4-2-5-18)10-25-17-23-7-11(8-24-17)16-22-9-13(27-16)15(20)26/h1,3,6-9,16,22H,2,4-5,10H2,(H2,20,26)(H,23,24,25). The second kappa shape index (κ2) is 7.15. The zero-order valence-corrected chi connectivity index (χ0v) is 15.3. The number of carbonyl (C=O) groups excluding carboxylic acids is 1. The number of primary amides is 1. The van der Waals surface area contributed by atoms with Crippen LogP contribution in [0.1, 0.15) is 35.9 Å². The molecule has 9 heteroatoms. The van der Waals surface area contributed by atoms with Crippen LogP contribution in [0.25, 0.3) is 0 Å². The molecular formula is C18H19FN6OS. The van der Waals surface area contributed by atoms with Crippen LogP contribution in [0.5, 0.6) is 0 Å². The van der Waals surface area contributed by atoms with Crippen molar-refractivity contribution in [1.29, 1.82) is 0 Å². The fraction of sp³-hybridized carbons (Fsp3) is 0.333. The van der Waals surface area contributed by atoms with E-state index in [0.29, 0.717) is 23.1 Å². The van der Waals surface area contributed by atoms with Crippen molar-refractivity contribution in [2.24, 2.45) is 5.73 Å². The van der Waals surface area contributed by atoms with Gasteiger partial charge in [0.1, 0.15) is 11.2 Å². The Morgan fingerprint density at radius 2 is 2.15 bits per heavy atom. The van der Waals surface area contributed by atoms with Gasteiger partial charge >= 0.3 is 0 Å². The van der Waals surface area contributed by atoms with E-state index in [0.717, 1.165) is 24.8 Å². The highest BCUT2D eigenvalue weighted by Gasteiger charge is 2.41. The summed E-state index contributed by atoms with van der Waals surface area (Å²) in [4.78, 5) is 24.6. The van der Waals surface area contributed by atoms with Crippen LogP contribution in [0, 0.1) is 5.82 Å². The van der Waals surface area contributed by atoms with Crippen LogP contribution in [0.3, 0.4) is 0 Å². The molecule has 0 bridgehead atoms. The molecule has 1 unspecified atom stereocenters. The van der Waals surface area contributed by atoms with Gasteiger partial charge in [-0.05, 0) is 25.0 Å². The summed E-state index contributed by atoms with van der Waals surface area (Å²) in [5.41, 5.74) is 6.32. The molecule has 0 spiro atoms. The quantitative estimate of drug-likeness (QED) is 0.699. The smallest absolute Gasteiger partial charge is 0.256 e. The second-order valence-electron chi connectivity index (χ2n) is 6.70. The topological polar surface area (TPSA) is 106 Å². The van der Waals surface area contributed by atoms with Gasteiger partial charge in [0, 0.05) is 42.3 Å². The summed E-state index contributed by atoms with van der Waals surface area (Å²) in [7, 11) is 0. The third kappa shape index (κ3) is 3.46. The molecule has 1 aliphatic heterocycles. The van der Waals surface area contributed by atoms with Crippen molar-refractivity contribution in [3.8, 4) is 0 Å². The first-order valence-electron chi connectivity index (χ1n) is 8.67. The molecule has 0 aromatic carbocycles. The highest BCUT2D eigenvalue weighted by Crippen LogP contribution is 2.43. The lowest BCUT2D eigenvalue weighted by molar-refractivity contribution is -0.113. The van der Waals surface area contributed by atoms with Crippen molar-refractivity contribution < 1.29 is 9.18 Å². The number of hydrogen-bond donors (Lipinski definition) is 3. The maximum absolute atomic E-state index is 14.2. The van der Waals surface area contributed by atoms with Crippen LogP contribution in [0.2, 0.25) is 0 Å². The maximum Gasteiger partial charge on any atom is 0.256 e. The van der Waals surface area contributed by atoms with Crippen molar-refractivity contribution in [3.63, 3.8) is 0 Å². The zero-order valence-electron chi connectivity index (χ0n) is 14.5. The normalized spacial score (nSPS) is 20.3. The summed E-state index contributed by atoms with van der Waals surface area (Å²) in [6.45, 7) is 0.532. The van der Waals surface area contributed by atoms with Gasteiger partial charge in [-0.3, -0.25) is 9.78 Å². The van der Waals surface area contributed by atoms with E-state index in [1.54, 1.807) is 30.9 Å². The first kappa shape index (κ1) is 17.7. The minimum Gasteiger partial charge on any atom is -0.374 e. The zero-order chi connectivity index (χ0) is 18.9. The molecule has 2 aromatic heterocycles. The van der Waals surface area contributed by atoms with Crippen molar-refractivity contribution in [1.82, 2.24) is 20.3 Å². The van der Waals surface area contributed by atoms with Crippen LogP contribution in [0.4, 0.5) is 10.3 Å². The van der Waals surface area contributed by atoms with Crippen LogP contribution >= 0.6 is 11.8 Å². The third-order valence-electron chi connectivity index (χ3n) is 4.98. The van der Waals surface area contributed by atoms with E-state index in [9.17, 15) is 9.18 Å². The van der Waals surface area contributed by atoms with E-state index in [2.05, 4.69) is 25.6 Å². The number of halogens is 1. The fourth-order valence-electron chi connectivity index (χ4n) is 3.33. The number of nitrogens with two attached hydrogens (primary N) is 1. The van der Waals surface area contributed by atoms with Gasteiger partial charge < -0.3 is 16.4 Å². The Hall–Kier alpha value is -2.68. The van der Waals surface area contributed by atoms with Gasteiger partial charge in [0.2, 0.25) is 5.95 Å². The Labute approximate surface area is 160 Å². The molecule has 1 fully saturated rings. The van der Waals surface area contributed by atoms with Crippen molar-refractivity contribution in [2.75, 3.05) is 11.9 Å². The molecule has 1 aliphatic carbocycles. The van der Waals surface area contributed by atoms with Crippen molar-refractivity contribution in [2.45, 2.75) is 30.1 Å². The lowest BCUT2D eigenvalue weighted by Crippen LogP contribution is -2.42. The number of amides is 1. The first-order valence-corrected chi connectivity index (χ1v) is 9.55. The average molecular weight is 386 g/mol. The summed E-state index contributed by atoms with van der Waals surface area (Å²) in [6.07, 6.45) is 9.46. The predicted octanol–water partition coefficient (Wildman–Crippen LogP) is 2.21. The summed E-state index contributed by atoms with van der Waals surface area (Å²) in [5, 5.41) is 6.15. The van der Waals surface area contributed by atoms with E-state index in [1.807, 2.05) is 0 Å². The lowest BCUT2D eigenvalue weighted by Gasteiger charge is -2.41. The number of aromatic nitrogens is 3. The van der Waals surface area contributed by atoms with E-state index in [-0.39, 0.29) is 16.6 Å². The number of carbonyl (C=O) groups is 1. The molecule has 1 saturated carbocycles. The Kier molecular flexibility index (Phi) is 4.69. The molecular weight excluding hydrogens is 367 g/mol. The Morgan fingerprint density at radius 1 is 1.37 bits per heavy atom. The molecule has 3 heterocycles. The van der Waals surface area contributed by atoms with Gasteiger partial charge in [-0.25, -0.2) is 14.4 Å². The van der Waals surface area contributed by atoms with E-state index in [4.69, 9.17) is 5.73 Å². The number of nitrogens with one attached hydrogen (secondary N) is 2. The van der Waals surface area contributed by atoms with E-state index in [1.165, 1.54) is 17.8 Å². The van der Waals surface area contributed by atoms with Gasteiger partial charge in [-0.1, -0.05) is 18.2 Å². The molecule has 27 heavy (non-hydrogen) atoms. The largest absolute Gasteiger partial charge is 0.374 e. The summed E-state index contributed by atoms with van der Waals surface area (Å²) in [5.74, 6) is -0.244. The SMILES string of the molecule is NC(=O)C1=CNC(c2cnc(NCC3(c4ncccc4F)CCC3)nc2)S1. The first-order chi connectivity index (χ1) is 13.1. The number of pyridine rings is 1. The molecule has 2 aromatic rings. The maximum atomic E-state index is 14.2. The summed E-state index contributed by atoms with van der Waals surface area (Å²) in [6, 6.07) is 3.06. The molecule has 0 radical (unpaired) electrons. The summed E-state index contributed by atoms with van der Waals surface area (Å²) < 4.78 is 14.2. The van der Waals surface area contributed by atoms with Gasteiger partial charge in [-0.2, -0.15) is 0 Å². The van der Waals surface area contributed by atoms with Gasteiger partial charge in [0.15, 0.2) is 0 Å². The van der Waals surface area contributed by atoms with E-state index < -0.39 is 5.91 Å². The van der Waals surface area contributed by atoms with Crippen LogP contribution < -0.4 is 16.4 Å². The number of thioether (sulfide) groups is 1. The lowest BCUT2D eigenvalue weighted by atomic mass is 9.66. The highest BCUT2D eigenvalue weighted by atomic mass is 32.2.